The molecule has 25 heavy (non-hydrogen) atoms. The fourth-order valence-electron chi connectivity index (χ4n) is 7.72. The van der Waals surface area contributed by atoms with E-state index in [9.17, 15) is 0 Å². The Morgan fingerprint density at radius 2 is 1.04 bits per heavy atom. The van der Waals surface area contributed by atoms with Crippen molar-refractivity contribution in [3.63, 3.8) is 0 Å². The van der Waals surface area contributed by atoms with Crippen molar-refractivity contribution >= 4 is 17.0 Å². The molecular formula is C22H38Cl2Zr. The van der Waals surface area contributed by atoms with Gasteiger partial charge in [-0.1, -0.05) is 52.4 Å². The molecule has 0 aromatic heterocycles. The van der Waals surface area contributed by atoms with Gasteiger partial charge in [-0.05, 0) is 85.9 Å². The van der Waals surface area contributed by atoms with Gasteiger partial charge >= 0.3 is 37.9 Å². The summed E-state index contributed by atoms with van der Waals surface area (Å²) in [6.07, 6.45) is 18.7. The van der Waals surface area contributed by atoms with Crippen LogP contribution in [0.5, 0.6) is 0 Å². The topological polar surface area (TPSA) is 0 Å². The van der Waals surface area contributed by atoms with Crippen molar-refractivity contribution in [3.8, 4) is 0 Å². The van der Waals surface area contributed by atoms with Crippen LogP contribution in [0.4, 0.5) is 0 Å². The van der Waals surface area contributed by atoms with Crippen LogP contribution >= 0.6 is 17.0 Å². The Bertz CT molecular complexity index is 365. The molecule has 0 bridgehead atoms. The van der Waals surface area contributed by atoms with Crippen LogP contribution in [0.15, 0.2) is 0 Å². The molecule has 0 aliphatic heterocycles. The molecule has 0 heterocycles. The van der Waals surface area contributed by atoms with E-state index >= 15 is 0 Å². The zero-order valence-electron chi connectivity index (χ0n) is 16.4. The minimum atomic E-state index is -0.826. The van der Waals surface area contributed by atoms with E-state index in [1.54, 1.807) is 51.4 Å². The summed E-state index contributed by atoms with van der Waals surface area (Å²) < 4.78 is 0. The zero-order chi connectivity index (χ0) is 17.8. The van der Waals surface area contributed by atoms with Crippen molar-refractivity contribution in [2.45, 2.75) is 90.9 Å². The van der Waals surface area contributed by atoms with Crippen LogP contribution in [0, 0.1) is 47.3 Å². The number of halogens is 2. The van der Waals surface area contributed by atoms with Gasteiger partial charge in [0.1, 0.15) is 0 Å². The molecule has 8 unspecified atom stereocenters. The summed E-state index contributed by atoms with van der Waals surface area (Å²) in [5.74, 6) is 8.76. The van der Waals surface area contributed by atoms with Gasteiger partial charge in [-0.15, -0.1) is 0 Å². The molecule has 144 valence electrons. The van der Waals surface area contributed by atoms with Gasteiger partial charge in [-0.25, -0.2) is 0 Å². The Labute approximate surface area is 175 Å². The molecule has 8 atom stereocenters. The second-order valence-corrected chi connectivity index (χ2v) is 13.6. The average Bonchev–Trinajstić information content (AvgIpc) is 3.09. The first-order chi connectivity index (χ1) is 12.2. The summed E-state index contributed by atoms with van der Waals surface area (Å²) in [4.78, 5) is 0. The zero-order valence-corrected chi connectivity index (χ0v) is 20.3. The molecule has 0 aromatic carbocycles. The predicted molar refractivity (Wildman–Crippen MR) is 106 cm³/mol. The van der Waals surface area contributed by atoms with Crippen LogP contribution in [0.1, 0.15) is 90.9 Å². The van der Waals surface area contributed by atoms with Crippen LogP contribution in [0.3, 0.4) is 0 Å². The molecule has 0 aromatic rings. The molecule has 4 rings (SSSR count). The molecule has 4 aliphatic rings. The summed E-state index contributed by atoms with van der Waals surface area (Å²) in [6.45, 7) is 5.18. The van der Waals surface area contributed by atoms with Gasteiger partial charge in [0, 0.05) is 0 Å². The molecule has 4 aliphatic carbocycles. The molecule has 0 saturated heterocycles. The molecule has 4 fully saturated rings. The fraction of sp³-hybridized carbons (Fsp3) is 1.00. The maximum absolute atomic E-state index is 4.93. The molecule has 0 radical (unpaired) electrons. The molecule has 4 saturated carbocycles. The maximum atomic E-state index is 4.93. The van der Waals surface area contributed by atoms with Crippen molar-refractivity contribution in [1.82, 2.24) is 0 Å². The first-order valence-electron chi connectivity index (χ1n) is 11.1. The average molecular weight is 465 g/mol. The monoisotopic (exact) mass is 462 g/mol. The summed E-state index contributed by atoms with van der Waals surface area (Å²) in [7, 11) is 9.87. The van der Waals surface area contributed by atoms with Gasteiger partial charge in [-0.2, -0.15) is 0 Å². The van der Waals surface area contributed by atoms with Crippen molar-refractivity contribution in [2.75, 3.05) is 0 Å². The number of fused-ring (bicyclic) bond motifs is 2. The van der Waals surface area contributed by atoms with Crippen molar-refractivity contribution in [3.05, 3.63) is 0 Å². The van der Waals surface area contributed by atoms with E-state index in [0.29, 0.717) is 0 Å². The van der Waals surface area contributed by atoms with E-state index in [0.717, 1.165) is 47.3 Å². The van der Waals surface area contributed by atoms with Gasteiger partial charge in [0.2, 0.25) is 0 Å². The standard InChI is InChI=1S/C22H38.2ClH.Zr/c1-15-13-17-7-3-5-9-21(17)19(15)11-12-20-16(2)14-18-8-4-6-10-22(18)20;;;/h15-22H,3-14H2,1-2H3;2*1H;/q;;;+2/p-2. The van der Waals surface area contributed by atoms with E-state index in [4.69, 9.17) is 17.0 Å². The Kier molecular flexibility index (Phi) is 8.73. The number of hydrogen-bond acceptors (Lipinski definition) is 0. The van der Waals surface area contributed by atoms with E-state index in [1.807, 2.05) is 0 Å². The molecule has 0 nitrogen and oxygen atoms in total. The van der Waals surface area contributed by atoms with Crippen molar-refractivity contribution < 1.29 is 20.8 Å². The van der Waals surface area contributed by atoms with Gasteiger partial charge in [0.15, 0.2) is 0 Å². The quantitative estimate of drug-likeness (QED) is 0.396. The summed E-state index contributed by atoms with van der Waals surface area (Å²) >= 11 is -0.826. The SMILES string of the molecule is CC1CC2CCCCC2C1CCC1C(C)CC2CCCCC21.[Cl][Zr][Cl]. The van der Waals surface area contributed by atoms with Crippen LogP contribution in [-0.4, -0.2) is 0 Å². The third kappa shape index (κ3) is 5.09. The molecule has 0 N–H and O–H groups in total. The number of rotatable bonds is 3. The summed E-state index contributed by atoms with van der Waals surface area (Å²) in [5, 5.41) is 0. The summed E-state index contributed by atoms with van der Waals surface area (Å²) in [6, 6.07) is 0. The van der Waals surface area contributed by atoms with Crippen LogP contribution < -0.4 is 0 Å². The fourth-order valence-corrected chi connectivity index (χ4v) is 7.72. The predicted octanol–water partition coefficient (Wildman–Crippen LogP) is 8.07. The van der Waals surface area contributed by atoms with Crippen molar-refractivity contribution in [2.24, 2.45) is 47.3 Å². The van der Waals surface area contributed by atoms with Gasteiger partial charge < -0.3 is 0 Å². The van der Waals surface area contributed by atoms with E-state index in [-0.39, 0.29) is 0 Å². The second kappa shape index (κ2) is 10.3. The molecule has 0 spiro atoms. The Hall–Kier alpha value is 1.46. The molecular weight excluding hydrogens is 426 g/mol. The summed E-state index contributed by atoms with van der Waals surface area (Å²) in [5.41, 5.74) is 0. The van der Waals surface area contributed by atoms with Gasteiger partial charge in [0.25, 0.3) is 0 Å². The minimum absolute atomic E-state index is 0.826. The Morgan fingerprint density at radius 3 is 1.44 bits per heavy atom. The first-order valence-corrected chi connectivity index (χ1v) is 17.4. The van der Waals surface area contributed by atoms with E-state index in [2.05, 4.69) is 13.8 Å². The third-order valence-electron chi connectivity index (χ3n) is 8.68. The van der Waals surface area contributed by atoms with Crippen molar-refractivity contribution in [1.29, 1.82) is 0 Å². The van der Waals surface area contributed by atoms with Gasteiger partial charge in [0.05, 0.1) is 0 Å². The third-order valence-corrected chi connectivity index (χ3v) is 8.68. The normalized spacial score (nSPS) is 45.9. The first kappa shape index (κ1) is 21.2. The Morgan fingerprint density at radius 1 is 0.680 bits per heavy atom. The van der Waals surface area contributed by atoms with E-state index < -0.39 is 20.8 Å². The van der Waals surface area contributed by atoms with Gasteiger partial charge in [-0.3, -0.25) is 0 Å². The molecule has 3 heteroatoms. The van der Waals surface area contributed by atoms with Crippen LogP contribution in [0.2, 0.25) is 0 Å². The second-order valence-electron chi connectivity index (χ2n) is 9.82. The van der Waals surface area contributed by atoms with E-state index in [1.165, 1.54) is 25.7 Å². The number of hydrogen-bond donors (Lipinski definition) is 0. The Balaban J connectivity index is 0.000000569. The van der Waals surface area contributed by atoms with Crippen LogP contribution in [-0.2, 0) is 20.8 Å². The van der Waals surface area contributed by atoms with Crippen LogP contribution in [0.25, 0.3) is 0 Å². The molecule has 0 amide bonds.